The Balaban J connectivity index is 2.24. The maximum Gasteiger partial charge on any atom is 0.243 e. The normalized spacial score (nSPS) is 24.3. The van der Waals surface area contributed by atoms with Gasteiger partial charge in [0.2, 0.25) is 10.0 Å². The topological polar surface area (TPSA) is 92.4 Å². The van der Waals surface area contributed by atoms with Gasteiger partial charge in [0.05, 0.1) is 11.8 Å². The fraction of sp³-hybridized carbons (Fsp3) is 0.538. The van der Waals surface area contributed by atoms with E-state index in [2.05, 4.69) is 4.72 Å². The lowest BCUT2D eigenvalue weighted by molar-refractivity contribution is 0.130. The maximum absolute atomic E-state index is 12.4. The molecule has 1 fully saturated rings. The van der Waals surface area contributed by atoms with Crippen LogP contribution in [-0.4, -0.2) is 25.7 Å². The molecule has 0 spiro atoms. The van der Waals surface area contributed by atoms with Crippen LogP contribution < -0.4 is 10.5 Å². The predicted molar refractivity (Wildman–Crippen MR) is 79.1 cm³/mol. The lowest BCUT2D eigenvalue weighted by Gasteiger charge is -2.22. The van der Waals surface area contributed by atoms with E-state index < -0.39 is 22.2 Å². The number of hydrogen-bond acceptors (Lipinski definition) is 4. The average molecular weight is 319 g/mol. The Bertz CT molecular complexity index is 577. The molecule has 5 nitrogen and oxygen atoms in total. The second kappa shape index (κ2) is 6.30. The van der Waals surface area contributed by atoms with Gasteiger partial charge in [-0.3, -0.25) is 0 Å². The summed E-state index contributed by atoms with van der Waals surface area (Å²) in [6.45, 7) is 0. The number of nitrogen functional groups attached to an aromatic ring is 1. The minimum Gasteiger partial charge on any atom is -0.398 e. The van der Waals surface area contributed by atoms with Crippen LogP contribution in [0, 0.1) is 0 Å². The van der Waals surface area contributed by atoms with Crippen LogP contribution in [0.1, 0.15) is 32.1 Å². The smallest absolute Gasteiger partial charge is 0.243 e. The predicted octanol–water partition coefficient (Wildman–Crippen LogP) is 1.89. The summed E-state index contributed by atoms with van der Waals surface area (Å²) >= 11 is 5.82. The van der Waals surface area contributed by atoms with Gasteiger partial charge in [-0.25, -0.2) is 13.1 Å². The molecule has 1 aliphatic rings. The standard InChI is InChI=1S/C13H19ClN2O3S/c14-9-6-7-10(15)13(8-9)20(18,19)16-11-4-2-1-3-5-12(11)17/h6-8,11-12,16-17H,1-5,15H2. The van der Waals surface area contributed by atoms with E-state index in [-0.39, 0.29) is 10.6 Å². The molecule has 2 rings (SSSR count). The van der Waals surface area contributed by atoms with Crippen molar-refractivity contribution in [2.45, 2.75) is 49.1 Å². The Labute approximate surface area is 124 Å². The Morgan fingerprint density at radius 3 is 2.70 bits per heavy atom. The van der Waals surface area contributed by atoms with E-state index in [4.69, 9.17) is 17.3 Å². The number of aliphatic hydroxyl groups is 1. The van der Waals surface area contributed by atoms with Crippen LogP contribution >= 0.6 is 11.6 Å². The van der Waals surface area contributed by atoms with Gasteiger partial charge in [-0.15, -0.1) is 0 Å². The molecule has 2 atom stereocenters. The summed E-state index contributed by atoms with van der Waals surface area (Å²) in [5, 5.41) is 10.3. The second-order valence-electron chi connectivity index (χ2n) is 5.12. The Hall–Kier alpha value is -0.820. The minimum atomic E-state index is -3.78. The first kappa shape index (κ1) is 15.6. The van der Waals surface area contributed by atoms with Gasteiger partial charge < -0.3 is 10.8 Å². The van der Waals surface area contributed by atoms with Crippen molar-refractivity contribution >= 4 is 27.3 Å². The third-order valence-electron chi connectivity index (χ3n) is 3.55. The minimum absolute atomic E-state index is 0.0403. The van der Waals surface area contributed by atoms with Crippen LogP contribution in [-0.2, 0) is 10.0 Å². The molecule has 20 heavy (non-hydrogen) atoms. The molecule has 0 aromatic heterocycles. The summed E-state index contributed by atoms with van der Waals surface area (Å²) in [4.78, 5) is -0.0403. The number of sulfonamides is 1. The number of hydrogen-bond donors (Lipinski definition) is 3. The molecule has 0 amide bonds. The van der Waals surface area contributed by atoms with Crippen molar-refractivity contribution in [3.05, 3.63) is 23.2 Å². The van der Waals surface area contributed by atoms with Crippen LogP contribution in [0.25, 0.3) is 0 Å². The molecule has 0 saturated heterocycles. The highest BCUT2D eigenvalue weighted by Gasteiger charge is 2.28. The molecule has 0 bridgehead atoms. The lowest BCUT2D eigenvalue weighted by Crippen LogP contribution is -2.42. The van der Waals surface area contributed by atoms with Gasteiger partial charge in [0.25, 0.3) is 0 Å². The molecule has 1 saturated carbocycles. The molecule has 112 valence electrons. The van der Waals surface area contributed by atoms with Crippen LogP contribution in [0.3, 0.4) is 0 Å². The van der Waals surface area contributed by atoms with E-state index in [1.807, 2.05) is 0 Å². The zero-order chi connectivity index (χ0) is 14.8. The van der Waals surface area contributed by atoms with E-state index in [0.29, 0.717) is 17.9 Å². The third kappa shape index (κ3) is 3.63. The number of nitrogens with two attached hydrogens (primary N) is 1. The highest BCUT2D eigenvalue weighted by Crippen LogP contribution is 2.25. The van der Waals surface area contributed by atoms with Crippen LogP contribution in [0.4, 0.5) is 5.69 Å². The van der Waals surface area contributed by atoms with Crippen molar-refractivity contribution in [3.63, 3.8) is 0 Å². The van der Waals surface area contributed by atoms with Gasteiger partial charge in [0, 0.05) is 11.1 Å². The molecule has 1 aromatic rings. The number of halogens is 1. The van der Waals surface area contributed by atoms with Crippen molar-refractivity contribution in [2.75, 3.05) is 5.73 Å². The average Bonchev–Trinajstić information content (AvgIpc) is 2.57. The lowest BCUT2D eigenvalue weighted by atomic mass is 10.1. The Morgan fingerprint density at radius 1 is 1.25 bits per heavy atom. The van der Waals surface area contributed by atoms with Crippen molar-refractivity contribution in [1.82, 2.24) is 4.72 Å². The van der Waals surface area contributed by atoms with Crippen molar-refractivity contribution in [1.29, 1.82) is 0 Å². The highest BCUT2D eigenvalue weighted by molar-refractivity contribution is 7.89. The van der Waals surface area contributed by atoms with Gasteiger partial charge in [-0.1, -0.05) is 30.9 Å². The fourth-order valence-electron chi connectivity index (χ4n) is 2.43. The summed E-state index contributed by atoms with van der Waals surface area (Å²) in [7, 11) is -3.78. The number of rotatable bonds is 3. The van der Waals surface area contributed by atoms with Crippen molar-refractivity contribution in [2.24, 2.45) is 0 Å². The molecular weight excluding hydrogens is 300 g/mol. The van der Waals surface area contributed by atoms with Gasteiger partial charge in [0.15, 0.2) is 0 Å². The number of anilines is 1. The maximum atomic E-state index is 12.4. The van der Waals surface area contributed by atoms with E-state index in [0.717, 1.165) is 19.3 Å². The number of benzene rings is 1. The number of aliphatic hydroxyl groups excluding tert-OH is 1. The molecule has 0 aliphatic heterocycles. The van der Waals surface area contributed by atoms with Gasteiger partial charge in [-0.2, -0.15) is 0 Å². The summed E-state index contributed by atoms with van der Waals surface area (Å²) in [5.74, 6) is 0. The first-order valence-electron chi connectivity index (χ1n) is 6.65. The quantitative estimate of drug-likeness (QED) is 0.586. The largest absolute Gasteiger partial charge is 0.398 e. The molecule has 7 heteroatoms. The summed E-state index contributed by atoms with van der Waals surface area (Å²) in [6, 6.07) is 3.85. The molecular formula is C13H19ClN2O3S. The van der Waals surface area contributed by atoms with Gasteiger partial charge in [0.1, 0.15) is 4.90 Å². The zero-order valence-electron chi connectivity index (χ0n) is 11.0. The molecule has 0 radical (unpaired) electrons. The third-order valence-corrected chi connectivity index (χ3v) is 5.33. The molecule has 4 N–H and O–H groups in total. The number of nitrogens with one attached hydrogen (secondary N) is 1. The van der Waals surface area contributed by atoms with E-state index in [9.17, 15) is 13.5 Å². The molecule has 0 heterocycles. The van der Waals surface area contributed by atoms with Gasteiger partial charge >= 0.3 is 0 Å². The van der Waals surface area contributed by atoms with Crippen molar-refractivity contribution in [3.8, 4) is 0 Å². The van der Waals surface area contributed by atoms with Gasteiger partial charge in [-0.05, 0) is 31.0 Å². The zero-order valence-corrected chi connectivity index (χ0v) is 12.6. The molecule has 2 unspecified atom stereocenters. The fourth-order valence-corrected chi connectivity index (χ4v) is 4.13. The van der Waals surface area contributed by atoms with Crippen LogP contribution in [0.5, 0.6) is 0 Å². The Kier molecular flexibility index (Phi) is 4.90. The van der Waals surface area contributed by atoms with E-state index >= 15 is 0 Å². The van der Waals surface area contributed by atoms with E-state index in [1.165, 1.54) is 18.2 Å². The Morgan fingerprint density at radius 2 is 1.95 bits per heavy atom. The SMILES string of the molecule is Nc1ccc(Cl)cc1S(=O)(=O)NC1CCCCCC1O. The molecule has 1 aliphatic carbocycles. The van der Waals surface area contributed by atoms with Crippen LogP contribution in [0.2, 0.25) is 5.02 Å². The second-order valence-corrected chi connectivity index (χ2v) is 7.23. The summed E-state index contributed by atoms with van der Waals surface area (Å²) in [5.41, 5.74) is 5.85. The van der Waals surface area contributed by atoms with Crippen LogP contribution in [0.15, 0.2) is 23.1 Å². The van der Waals surface area contributed by atoms with Crippen molar-refractivity contribution < 1.29 is 13.5 Å². The van der Waals surface area contributed by atoms with E-state index in [1.54, 1.807) is 0 Å². The summed E-state index contributed by atoms with van der Waals surface area (Å²) in [6.07, 6.45) is 3.40. The monoisotopic (exact) mass is 318 g/mol. The highest BCUT2D eigenvalue weighted by atomic mass is 35.5. The first-order valence-corrected chi connectivity index (χ1v) is 8.52. The summed E-state index contributed by atoms with van der Waals surface area (Å²) < 4.78 is 27.3. The first-order chi connectivity index (χ1) is 9.40. The molecule has 1 aromatic carbocycles.